The van der Waals surface area contributed by atoms with Crippen LogP contribution in [-0.4, -0.2) is 4.57 Å². The van der Waals surface area contributed by atoms with Gasteiger partial charge in [0.05, 0.1) is 0 Å². The van der Waals surface area contributed by atoms with Gasteiger partial charge in [-0.2, -0.15) is 0 Å². The lowest BCUT2D eigenvalue weighted by Crippen LogP contribution is -2.22. The number of benzene rings is 2. The molecule has 0 bridgehead atoms. The van der Waals surface area contributed by atoms with Gasteiger partial charge in [0.1, 0.15) is 0 Å². The molecular formula is C17H13N. The first-order valence-corrected chi connectivity index (χ1v) is 6.27. The molecule has 1 aliphatic heterocycles. The van der Waals surface area contributed by atoms with Crippen molar-refractivity contribution in [2.24, 2.45) is 0 Å². The molecule has 86 valence electrons. The van der Waals surface area contributed by atoms with Gasteiger partial charge in [-0.1, -0.05) is 48.5 Å². The van der Waals surface area contributed by atoms with E-state index in [2.05, 4.69) is 71.3 Å². The van der Waals surface area contributed by atoms with E-state index in [9.17, 15) is 0 Å². The number of hydrogen-bond donors (Lipinski definition) is 0. The van der Waals surface area contributed by atoms with Gasteiger partial charge >= 0.3 is 0 Å². The number of para-hydroxylation sites is 1. The summed E-state index contributed by atoms with van der Waals surface area (Å²) in [6.45, 7) is 0.941. The Labute approximate surface area is 105 Å². The quantitative estimate of drug-likeness (QED) is 0.559. The monoisotopic (exact) mass is 231 g/mol. The average Bonchev–Trinajstić information content (AvgIpc) is 2.65. The van der Waals surface area contributed by atoms with Gasteiger partial charge in [-0.15, -0.1) is 0 Å². The van der Waals surface area contributed by atoms with Crippen molar-refractivity contribution in [1.29, 1.82) is 0 Å². The van der Waals surface area contributed by atoms with Crippen LogP contribution in [0.3, 0.4) is 0 Å². The third-order valence-corrected chi connectivity index (χ3v) is 3.64. The van der Waals surface area contributed by atoms with Crippen LogP contribution in [0.5, 0.6) is 0 Å². The van der Waals surface area contributed by atoms with Crippen molar-refractivity contribution in [1.82, 2.24) is 4.57 Å². The summed E-state index contributed by atoms with van der Waals surface area (Å²) in [5.41, 5.74) is 2.60. The van der Waals surface area contributed by atoms with Gasteiger partial charge in [-0.25, -0.2) is 0 Å². The highest BCUT2D eigenvalue weighted by Crippen LogP contribution is 2.20. The Bertz CT molecular complexity index is 853. The van der Waals surface area contributed by atoms with E-state index >= 15 is 0 Å². The van der Waals surface area contributed by atoms with Gasteiger partial charge in [0.2, 0.25) is 0 Å². The fourth-order valence-electron chi connectivity index (χ4n) is 2.73. The maximum atomic E-state index is 2.37. The third kappa shape index (κ3) is 1.34. The molecule has 2 heterocycles. The molecule has 0 saturated heterocycles. The predicted molar refractivity (Wildman–Crippen MR) is 75.7 cm³/mol. The molecule has 1 heteroatoms. The van der Waals surface area contributed by atoms with Crippen LogP contribution in [-0.2, 0) is 6.54 Å². The van der Waals surface area contributed by atoms with E-state index in [4.69, 9.17) is 0 Å². The summed E-state index contributed by atoms with van der Waals surface area (Å²) < 4.78 is 2.37. The molecule has 0 radical (unpaired) electrons. The normalized spacial score (nSPS) is 13.1. The molecule has 0 unspecified atom stereocenters. The average molecular weight is 231 g/mol. The van der Waals surface area contributed by atoms with Crippen LogP contribution in [0.2, 0.25) is 0 Å². The first-order chi connectivity index (χ1) is 8.92. The third-order valence-electron chi connectivity index (χ3n) is 3.64. The summed E-state index contributed by atoms with van der Waals surface area (Å²) in [6.07, 6.45) is 4.58. The van der Waals surface area contributed by atoms with Crippen molar-refractivity contribution in [2.45, 2.75) is 6.54 Å². The molecule has 0 aliphatic carbocycles. The highest BCUT2D eigenvalue weighted by atomic mass is 15.0. The van der Waals surface area contributed by atoms with Crippen LogP contribution in [0.1, 0.15) is 5.69 Å². The molecule has 3 aromatic rings. The lowest BCUT2D eigenvalue weighted by atomic mass is 10.2. The summed E-state index contributed by atoms with van der Waals surface area (Å²) in [4.78, 5) is 0. The van der Waals surface area contributed by atoms with E-state index in [-0.39, 0.29) is 0 Å². The summed E-state index contributed by atoms with van der Waals surface area (Å²) in [5.74, 6) is 0. The molecule has 1 aliphatic rings. The number of rotatable bonds is 0. The SMILES string of the molecule is C1=c2ccccc2=Cc2cc3ccccc3n2C1. The standard InChI is InChI=1S/C17H13N/c1-2-6-14-11-16-12-15-7-3-4-8-17(15)18(16)10-9-13(14)5-1/h1-9,11-12H,10H2. The lowest BCUT2D eigenvalue weighted by molar-refractivity contribution is 0.886. The van der Waals surface area contributed by atoms with Crippen LogP contribution in [0.15, 0.2) is 54.6 Å². The minimum absolute atomic E-state index is 0.941. The predicted octanol–water partition coefficient (Wildman–Crippen LogP) is 2.26. The second-order valence-corrected chi connectivity index (χ2v) is 4.72. The van der Waals surface area contributed by atoms with E-state index in [1.165, 1.54) is 27.0 Å². The van der Waals surface area contributed by atoms with Crippen LogP contribution in [0.4, 0.5) is 0 Å². The number of fused-ring (bicyclic) bond motifs is 4. The molecule has 1 nitrogen and oxygen atoms in total. The highest BCUT2D eigenvalue weighted by Gasteiger charge is 2.06. The van der Waals surface area contributed by atoms with Gasteiger partial charge in [-0.3, -0.25) is 0 Å². The van der Waals surface area contributed by atoms with Gasteiger partial charge < -0.3 is 4.57 Å². The van der Waals surface area contributed by atoms with E-state index in [0.717, 1.165) is 6.54 Å². The largest absolute Gasteiger partial charge is 0.337 e. The number of hydrogen-bond acceptors (Lipinski definition) is 0. The molecule has 4 rings (SSSR count). The van der Waals surface area contributed by atoms with Gasteiger partial charge in [0.15, 0.2) is 0 Å². The Hall–Kier alpha value is -2.28. The topological polar surface area (TPSA) is 4.93 Å². The van der Waals surface area contributed by atoms with Crippen LogP contribution >= 0.6 is 0 Å². The Morgan fingerprint density at radius 3 is 2.56 bits per heavy atom. The number of aromatic nitrogens is 1. The first-order valence-electron chi connectivity index (χ1n) is 6.27. The minimum Gasteiger partial charge on any atom is -0.337 e. The van der Waals surface area contributed by atoms with E-state index in [1.807, 2.05) is 0 Å². The molecular weight excluding hydrogens is 218 g/mol. The number of nitrogens with zero attached hydrogens (tertiary/aromatic N) is 1. The van der Waals surface area contributed by atoms with Gasteiger partial charge in [0, 0.05) is 23.1 Å². The lowest BCUT2D eigenvalue weighted by Gasteiger charge is -2.03. The second kappa shape index (κ2) is 3.61. The minimum atomic E-state index is 0.941. The highest BCUT2D eigenvalue weighted by molar-refractivity contribution is 5.84. The molecule has 0 N–H and O–H groups in total. The molecule has 0 spiro atoms. The van der Waals surface area contributed by atoms with Crippen molar-refractivity contribution in [2.75, 3.05) is 0 Å². The second-order valence-electron chi connectivity index (χ2n) is 4.72. The summed E-state index contributed by atoms with van der Waals surface area (Å²) in [6, 6.07) is 19.4. The van der Waals surface area contributed by atoms with E-state index < -0.39 is 0 Å². The molecule has 1 aromatic heterocycles. The Balaban J connectivity index is 2.11. The van der Waals surface area contributed by atoms with E-state index in [1.54, 1.807) is 0 Å². The maximum Gasteiger partial charge on any atom is 0.0488 e. The van der Waals surface area contributed by atoms with Crippen LogP contribution in [0, 0.1) is 0 Å². The zero-order valence-corrected chi connectivity index (χ0v) is 10.0. The fraction of sp³-hybridized carbons (Fsp3) is 0.0588. The molecule has 18 heavy (non-hydrogen) atoms. The van der Waals surface area contributed by atoms with Crippen molar-refractivity contribution >= 4 is 23.1 Å². The maximum absolute atomic E-state index is 2.37. The molecule has 2 aromatic carbocycles. The van der Waals surface area contributed by atoms with Crippen molar-refractivity contribution < 1.29 is 0 Å². The van der Waals surface area contributed by atoms with Crippen LogP contribution < -0.4 is 10.4 Å². The smallest absolute Gasteiger partial charge is 0.0488 e. The zero-order valence-electron chi connectivity index (χ0n) is 10.0. The molecule has 0 amide bonds. The summed E-state index contributed by atoms with van der Waals surface area (Å²) in [7, 11) is 0. The Kier molecular flexibility index (Phi) is 1.95. The first kappa shape index (κ1) is 9.72. The van der Waals surface area contributed by atoms with Crippen molar-refractivity contribution in [3.05, 3.63) is 70.7 Å². The van der Waals surface area contributed by atoms with Gasteiger partial charge in [-0.05, 0) is 28.6 Å². The van der Waals surface area contributed by atoms with E-state index in [0.29, 0.717) is 0 Å². The Morgan fingerprint density at radius 1 is 0.833 bits per heavy atom. The molecule has 0 fully saturated rings. The fourth-order valence-corrected chi connectivity index (χ4v) is 2.73. The summed E-state index contributed by atoms with van der Waals surface area (Å²) >= 11 is 0. The van der Waals surface area contributed by atoms with Gasteiger partial charge in [0.25, 0.3) is 0 Å². The van der Waals surface area contributed by atoms with Crippen LogP contribution in [0.25, 0.3) is 23.1 Å². The summed E-state index contributed by atoms with van der Waals surface area (Å²) in [5, 5.41) is 3.95. The zero-order chi connectivity index (χ0) is 11.9. The molecule has 0 saturated carbocycles. The Morgan fingerprint density at radius 2 is 1.61 bits per heavy atom. The van der Waals surface area contributed by atoms with Crippen molar-refractivity contribution in [3.8, 4) is 0 Å². The molecule has 0 atom stereocenters. The van der Waals surface area contributed by atoms with Crippen molar-refractivity contribution in [3.63, 3.8) is 0 Å².